The third kappa shape index (κ3) is 3.57. The quantitative estimate of drug-likeness (QED) is 0.581. The van der Waals surface area contributed by atoms with E-state index in [1.165, 1.54) is 23.3 Å². The Labute approximate surface area is 151 Å². The van der Waals surface area contributed by atoms with Crippen LogP contribution in [0.2, 0.25) is 0 Å². The topological polar surface area (TPSA) is 73.2 Å². The lowest BCUT2D eigenvalue weighted by Crippen LogP contribution is -2.20. The van der Waals surface area contributed by atoms with Crippen LogP contribution in [-0.4, -0.2) is 28.8 Å². The number of carbonyl (C=O) groups excluding carboxylic acids is 2. The van der Waals surface area contributed by atoms with Crippen LogP contribution in [0.25, 0.3) is 0 Å². The maximum atomic E-state index is 12.2. The lowest BCUT2D eigenvalue weighted by molar-refractivity contribution is -0.116. The summed E-state index contributed by atoms with van der Waals surface area (Å²) in [5.74, 6) is -0.582. The Morgan fingerprint density at radius 2 is 2.22 bits per heavy atom. The molecule has 0 bridgehead atoms. The van der Waals surface area contributed by atoms with Gasteiger partial charge in [-0.25, -0.2) is 4.79 Å². The second-order valence-electron chi connectivity index (χ2n) is 5.31. The summed E-state index contributed by atoms with van der Waals surface area (Å²) in [5, 5.41) is 7.55. The number of aryl methyl sites for hydroxylation is 1. The number of hydrogen-bond acceptors (Lipinski definition) is 5. The van der Waals surface area contributed by atoms with Crippen molar-refractivity contribution in [3.05, 3.63) is 32.0 Å². The maximum absolute atomic E-state index is 12.2. The highest BCUT2D eigenvalue weighted by Crippen LogP contribution is 2.38. The van der Waals surface area contributed by atoms with E-state index in [4.69, 9.17) is 4.74 Å². The molecule has 3 rings (SSSR count). The van der Waals surface area contributed by atoms with Gasteiger partial charge in [-0.05, 0) is 53.8 Å². The van der Waals surface area contributed by atoms with Crippen LogP contribution in [0.3, 0.4) is 0 Å². The number of thiophene rings is 1. The van der Waals surface area contributed by atoms with Gasteiger partial charge in [0.1, 0.15) is 11.5 Å². The van der Waals surface area contributed by atoms with E-state index in [-0.39, 0.29) is 18.4 Å². The Morgan fingerprint density at radius 3 is 2.91 bits per heavy atom. The fourth-order valence-electron chi connectivity index (χ4n) is 2.71. The minimum atomic E-state index is -0.381. The molecule has 23 heavy (non-hydrogen) atoms. The number of fused-ring (bicyclic) bond motifs is 1. The van der Waals surface area contributed by atoms with Gasteiger partial charge in [0.2, 0.25) is 5.91 Å². The van der Waals surface area contributed by atoms with Gasteiger partial charge < -0.3 is 10.1 Å². The SMILES string of the molecule is COC(=O)c1c(NC(=O)Cn2cc(I)cn2)sc2c1CCCC2. The molecule has 0 aliphatic heterocycles. The van der Waals surface area contributed by atoms with E-state index in [1.54, 1.807) is 17.1 Å². The molecule has 0 saturated heterocycles. The molecule has 1 amide bonds. The molecule has 2 aromatic rings. The van der Waals surface area contributed by atoms with Crippen LogP contribution < -0.4 is 5.32 Å². The summed E-state index contributed by atoms with van der Waals surface area (Å²) in [6.45, 7) is 0.117. The van der Waals surface area contributed by atoms with E-state index in [9.17, 15) is 9.59 Å². The number of halogens is 1. The monoisotopic (exact) mass is 445 g/mol. The molecular weight excluding hydrogens is 429 g/mol. The normalized spacial score (nSPS) is 13.5. The number of amides is 1. The molecule has 122 valence electrons. The van der Waals surface area contributed by atoms with Crippen molar-refractivity contribution in [2.45, 2.75) is 32.2 Å². The highest BCUT2D eigenvalue weighted by molar-refractivity contribution is 14.1. The highest BCUT2D eigenvalue weighted by atomic mass is 127. The smallest absolute Gasteiger partial charge is 0.341 e. The molecule has 1 aliphatic carbocycles. The average molecular weight is 445 g/mol. The Kier molecular flexibility index (Phi) is 5.00. The maximum Gasteiger partial charge on any atom is 0.341 e. The number of hydrogen-bond donors (Lipinski definition) is 1. The van der Waals surface area contributed by atoms with E-state index in [2.05, 4.69) is 33.0 Å². The minimum absolute atomic E-state index is 0.117. The molecule has 1 N–H and O–H groups in total. The van der Waals surface area contributed by atoms with Crippen molar-refractivity contribution in [3.63, 3.8) is 0 Å². The zero-order valence-electron chi connectivity index (χ0n) is 12.6. The minimum Gasteiger partial charge on any atom is -0.465 e. The molecule has 0 atom stereocenters. The number of nitrogens with zero attached hydrogens (tertiary/aromatic N) is 2. The standard InChI is InChI=1S/C15H16IN3O3S/c1-22-15(21)13-10-4-2-3-5-11(10)23-14(13)18-12(20)8-19-7-9(16)6-17-19/h6-7H,2-5,8H2,1H3,(H,18,20). The van der Waals surface area contributed by atoms with Gasteiger partial charge in [-0.3, -0.25) is 9.48 Å². The predicted molar refractivity (Wildman–Crippen MR) is 95.9 cm³/mol. The first kappa shape index (κ1) is 16.4. The van der Waals surface area contributed by atoms with Crippen LogP contribution in [0.4, 0.5) is 5.00 Å². The third-order valence-electron chi connectivity index (χ3n) is 3.72. The largest absolute Gasteiger partial charge is 0.465 e. The molecular formula is C15H16IN3O3S. The highest BCUT2D eigenvalue weighted by Gasteiger charge is 2.26. The first-order valence-electron chi connectivity index (χ1n) is 7.29. The van der Waals surface area contributed by atoms with Crippen molar-refractivity contribution in [1.29, 1.82) is 0 Å². The summed E-state index contributed by atoms with van der Waals surface area (Å²) < 4.78 is 7.44. The molecule has 0 saturated carbocycles. The number of esters is 1. The number of carbonyl (C=O) groups is 2. The fourth-order valence-corrected chi connectivity index (χ4v) is 4.45. The summed E-state index contributed by atoms with van der Waals surface area (Å²) in [4.78, 5) is 25.6. The zero-order chi connectivity index (χ0) is 16.4. The van der Waals surface area contributed by atoms with Crippen molar-refractivity contribution in [1.82, 2.24) is 9.78 Å². The van der Waals surface area contributed by atoms with Crippen LogP contribution in [0.15, 0.2) is 12.4 Å². The number of anilines is 1. The molecule has 0 spiro atoms. The van der Waals surface area contributed by atoms with Crippen molar-refractivity contribution >= 4 is 50.8 Å². The number of aromatic nitrogens is 2. The summed E-state index contributed by atoms with van der Waals surface area (Å²) >= 11 is 3.63. The second-order valence-corrected chi connectivity index (χ2v) is 7.66. The predicted octanol–water partition coefficient (Wildman–Crippen LogP) is 2.85. The van der Waals surface area contributed by atoms with Crippen molar-refractivity contribution in [2.24, 2.45) is 0 Å². The van der Waals surface area contributed by atoms with Crippen molar-refractivity contribution < 1.29 is 14.3 Å². The lowest BCUT2D eigenvalue weighted by Gasteiger charge is -2.11. The number of rotatable bonds is 4. The fraction of sp³-hybridized carbons (Fsp3) is 0.400. The van der Waals surface area contributed by atoms with Crippen LogP contribution >= 0.6 is 33.9 Å². The van der Waals surface area contributed by atoms with E-state index < -0.39 is 0 Å². The van der Waals surface area contributed by atoms with Gasteiger partial charge in [-0.2, -0.15) is 5.10 Å². The van der Waals surface area contributed by atoms with Crippen LogP contribution in [0, 0.1) is 3.57 Å². The molecule has 0 aromatic carbocycles. The van der Waals surface area contributed by atoms with Crippen LogP contribution in [-0.2, 0) is 28.9 Å². The van der Waals surface area contributed by atoms with Gasteiger partial charge in [-0.15, -0.1) is 11.3 Å². The van der Waals surface area contributed by atoms with Crippen molar-refractivity contribution in [3.8, 4) is 0 Å². The average Bonchev–Trinajstić information content (AvgIpc) is 3.09. The van der Waals surface area contributed by atoms with E-state index in [1.807, 2.05) is 0 Å². The first-order valence-corrected chi connectivity index (χ1v) is 9.18. The first-order chi connectivity index (χ1) is 11.1. The van der Waals surface area contributed by atoms with Gasteiger partial charge in [-0.1, -0.05) is 0 Å². The Morgan fingerprint density at radius 1 is 1.43 bits per heavy atom. The van der Waals surface area contributed by atoms with Gasteiger partial charge in [0.25, 0.3) is 0 Å². The van der Waals surface area contributed by atoms with Crippen LogP contribution in [0.1, 0.15) is 33.6 Å². The zero-order valence-corrected chi connectivity index (χ0v) is 15.6. The summed E-state index contributed by atoms with van der Waals surface area (Å²) in [7, 11) is 1.37. The number of methoxy groups -OCH3 is 1. The van der Waals surface area contributed by atoms with Gasteiger partial charge in [0.05, 0.1) is 22.4 Å². The molecule has 0 unspecified atom stereocenters. The molecule has 2 aromatic heterocycles. The van der Waals surface area contributed by atoms with Gasteiger partial charge in [0, 0.05) is 11.1 Å². The van der Waals surface area contributed by atoms with Gasteiger partial charge >= 0.3 is 5.97 Å². The third-order valence-corrected chi connectivity index (χ3v) is 5.49. The van der Waals surface area contributed by atoms with Crippen molar-refractivity contribution in [2.75, 3.05) is 12.4 Å². The Bertz CT molecular complexity index is 753. The van der Waals surface area contributed by atoms with Gasteiger partial charge in [0.15, 0.2) is 0 Å². The molecule has 0 radical (unpaired) electrons. The van der Waals surface area contributed by atoms with Crippen LogP contribution in [0.5, 0.6) is 0 Å². The van der Waals surface area contributed by atoms with E-state index in [0.29, 0.717) is 10.6 Å². The number of nitrogens with one attached hydrogen (secondary N) is 1. The van der Waals surface area contributed by atoms with E-state index in [0.717, 1.165) is 34.8 Å². The Balaban J connectivity index is 1.82. The summed E-state index contributed by atoms with van der Waals surface area (Å²) in [6, 6.07) is 0. The summed E-state index contributed by atoms with van der Waals surface area (Å²) in [6.07, 6.45) is 7.49. The Hall–Kier alpha value is -1.42. The molecule has 1 aliphatic rings. The molecule has 0 fully saturated rings. The molecule has 6 nitrogen and oxygen atoms in total. The lowest BCUT2D eigenvalue weighted by atomic mass is 9.95. The van der Waals surface area contributed by atoms with E-state index >= 15 is 0 Å². The molecule has 2 heterocycles. The number of ether oxygens (including phenoxy) is 1. The molecule has 8 heteroatoms. The second kappa shape index (κ2) is 7.00. The summed E-state index contributed by atoms with van der Waals surface area (Å²) in [5.41, 5.74) is 1.56.